The third-order valence-electron chi connectivity index (χ3n) is 7.83. The molecule has 2 heteroatoms. The number of ketones is 2. The number of allylic oxidation sites excluding steroid dienone is 6. The van der Waals surface area contributed by atoms with Crippen LogP contribution in [0.15, 0.2) is 36.5 Å². The molecule has 0 spiro atoms. The van der Waals surface area contributed by atoms with E-state index in [9.17, 15) is 9.59 Å². The van der Waals surface area contributed by atoms with E-state index in [-0.39, 0.29) is 11.6 Å². The number of hydrogen-bond donors (Lipinski definition) is 0. The molecular weight excluding hydrogens is 488 g/mol. The molecule has 0 aromatic rings. The molecule has 2 nitrogen and oxygen atoms in total. The summed E-state index contributed by atoms with van der Waals surface area (Å²) in [5.74, 6) is 0.214. The molecule has 0 aromatic carbocycles. The largest absolute Gasteiger partial charge is 0.295 e. The van der Waals surface area contributed by atoms with Crippen molar-refractivity contribution in [2.24, 2.45) is 0 Å². The van der Waals surface area contributed by atoms with Crippen LogP contribution < -0.4 is 0 Å². The Hall–Kier alpha value is -1.44. The molecule has 0 aliphatic carbocycles. The second kappa shape index (κ2) is 33.8. The molecule has 0 rings (SSSR count). The monoisotopic (exact) mass is 557 g/mol. The van der Waals surface area contributed by atoms with Crippen molar-refractivity contribution in [3.8, 4) is 0 Å². The van der Waals surface area contributed by atoms with Gasteiger partial charge in [-0.25, -0.2) is 0 Å². The van der Waals surface area contributed by atoms with E-state index in [4.69, 9.17) is 0 Å². The molecule has 0 aromatic heterocycles. The highest BCUT2D eigenvalue weighted by molar-refractivity contribution is 5.98. The number of carbonyl (C=O) groups is 2. The molecule has 0 bridgehead atoms. The molecule has 232 valence electrons. The Labute approximate surface area is 250 Å². The van der Waals surface area contributed by atoms with Gasteiger partial charge in [0.15, 0.2) is 11.6 Å². The van der Waals surface area contributed by atoms with Gasteiger partial charge in [-0.1, -0.05) is 141 Å². The second-order valence-electron chi connectivity index (χ2n) is 11.9. The van der Waals surface area contributed by atoms with E-state index in [1.807, 2.05) is 0 Å². The van der Waals surface area contributed by atoms with Crippen molar-refractivity contribution >= 4 is 11.6 Å². The van der Waals surface area contributed by atoms with Gasteiger partial charge in [-0.2, -0.15) is 0 Å². The molecule has 0 aliphatic heterocycles. The molecule has 0 N–H and O–H groups in total. The van der Waals surface area contributed by atoms with Crippen molar-refractivity contribution in [2.45, 2.75) is 194 Å². The molecule has 0 amide bonds. The fourth-order valence-corrected chi connectivity index (χ4v) is 5.09. The highest BCUT2D eigenvalue weighted by atomic mass is 16.1. The number of carbonyl (C=O) groups excluding carboxylic acids is 2. The van der Waals surface area contributed by atoms with Crippen molar-refractivity contribution in [2.75, 3.05) is 0 Å². The first-order chi connectivity index (χ1) is 19.7. The third kappa shape index (κ3) is 32.8. The maximum atomic E-state index is 12.0. The lowest BCUT2D eigenvalue weighted by atomic mass is 10.1. The maximum absolute atomic E-state index is 12.0. The van der Waals surface area contributed by atoms with Gasteiger partial charge in [0.2, 0.25) is 0 Å². The standard InChI is InChI=1S/C38H68O2/c1-3-5-7-9-11-13-15-17-19-21-23-25-27-29-31-33-37(39)35-36-38(40)34-32-30-28-26-24-22-20-18-16-14-12-10-8-6-4-2/h17-20,35-36H,3-16,21-34H2,1-2H3. The summed E-state index contributed by atoms with van der Waals surface area (Å²) < 4.78 is 0. The van der Waals surface area contributed by atoms with Gasteiger partial charge < -0.3 is 0 Å². The summed E-state index contributed by atoms with van der Waals surface area (Å²) in [5.41, 5.74) is 0. The van der Waals surface area contributed by atoms with Crippen LogP contribution >= 0.6 is 0 Å². The summed E-state index contributed by atoms with van der Waals surface area (Å²) in [4.78, 5) is 24.1. The fourth-order valence-electron chi connectivity index (χ4n) is 5.09. The number of rotatable bonds is 32. The molecule has 0 fully saturated rings. The molecule has 0 heterocycles. The van der Waals surface area contributed by atoms with E-state index in [2.05, 4.69) is 38.2 Å². The van der Waals surface area contributed by atoms with E-state index < -0.39 is 0 Å². The highest BCUT2D eigenvalue weighted by Crippen LogP contribution is 2.12. The Morgan fingerprint density at radius 3 is 0.900 bits per heavy atom. The lowest BCUT2D eigenvalue weighted by Crippen LogP contribution is -1.97. The molecule has 0 aliphatic rings. The lowest BCUT2D eigenvalue weighted by molar-refractivity contribution is -0.116. The van der Waals surface area contributed by atoms with Crippen LogP contribution in [-0.4, -0.2) is 11.6 Å². The van der Waals surface area contributed by atoms with E-state index in [0.717, 1.165) is 25.7 Å². The predicted molar refractivity (Wildman–Crippen MR) is 178 cm³/mol. The Balaban J connectivity index is 3.44. The summed E-state index contributed by atoms with van der Waals surface area (Å²) in [6, 6.07) is 0. The third-order valence-corrected chi connectivity index (χ3v) is 7.83. The molecular formula is C38H68O2. The Kier molecular flexibility index (Phi) is 32.5. The van der Waals surface area contributed by atoms with E-state index in [0.29, 0.717) is 12.8 Å². The highest BCUT2D eigenvalue weighted by Gasteiger charge is 2.01. The van der Waals surface area contributed by atoms with Crippen LogP contribution in [0.3, 0.4) is 0 Å². The van der Waals surface area contributed by atoms with Crippen LogP contribution in [0, 0.1) is 0 Å². The van der Waals surface area contributed by atoms with E-state index in [1.165, 1.54) is 153 Å². The zero-order valence-electron chi connectivity index (χ0n) is 27.1. The first-order valence-corrected chi connectivity index (χ1v) is 17.7. The van der Waals surface area contributed by atoms with Gasteiger partial charge in [-0.3, -0.25) is 9.59 Å². The molecule has 40 heavy (non-hydrogen) atoms. The Morgan fingerprint density at radius 2 is 0.600 bits per heavy atom. The Bertz CT molecular complexity index is 573. The molecule has 0 radical (unpaired) electrons. The van der Waals surface area contributed by atoms with E-state index in [1.54, 1.807) is 0 Å². The molecule has 0 atom stereocenters. The van der Waals surface area contributed by atoms with Crippen molar-refractivity contribution in [1.82, 2.24) is 0 Å². The summed E-state index contributed by atoms with van der Waals surface area (Å²) >= 11 is 0. The summed E-state index contributed by atoms with van der Waals surface area (Å²) in [7, 11) is 0. The van der Waals surface area contributed by atoms with Gasteiger partial charge in [0.1, 0.15) is 0 Å². The average molecular weight is 557 g/mol. The van der Waals surface area contributed by atoms with Crippen molar-refractivity contribution in [3.63, 3.8) is 0 Å². The van der Waals surface area contributed by atoms with Crippen molar-refractivity contribution < 1.29 is 9.59 Å². The normalized spacial score (nSPS) is 11.9. The maximum Gasteiger partial charge on any atom is 0.155 e. The number of unbranched alkanes of at least 4 members (excludes halogenated alkanes) is 22. The van der Waals surface area contributed by atoms with E-state index >= 15 is 0 Å². The van der Waals surface area contributed by atoms with Crippen LogP contribution in [0.5, 0.6) is 0 Å². The molecule has 0 unspecified atom stereocenters. The smallest absolute Gasteiger partial charge is 0.155 e. The molecule has 0 saturated carbocycles. The first-order valence-electron chi connectivity index (χ1n) is 17.7. The minimum absolute atomic E-state index is 0.107. The van der Waals surface area contributed by atoms with Crippen LogP contribution in [0.4, 0.5) is 0 Å². The second-order valence-corrected chi connectivity index (χ2v) is 11.9. The molecule has 0 saturated heterocycles. The van der Waals surface area contributed by atoms with Gasteiger partial charge >= 0.3 is 0 Å². The van der Waals surface area contributed by atoms with Crippen LogP contribution in [0.1, 0.15) is 194 Å². The zero-order valence-corrected chi connectivity index (χ0v) is 27.1. The SMILES string of the molecule is CCCCCCCCC=CCCCCCCCC(=O)C=CC(=O)CCCCCCCC=CCCCCCCCC. The van der Waals surface area contributed by atoms with Crippen LogP contribution in [-0.2, 0) is 9.59 Å². The zero-order chi connectivity index (χ0) is 29.2. The van der Waals surface area contributed by atoms with Gasteiger partial charge in [-0.15, -0.1) is 0 Å². The average Bonchev–Trinajstić information content (AvgIpc) is 2.96. The van der Waals surface area contributed by atoms with Crippen molar-refractivity contribution in [3.05, 3.63) is 36.5 Å². The Morgan fingerprint density at radius 1 is 0.350 bits per heavy atom. The van der Waals surface area contributed by atoms with Gasteiger partial charge in [0, 0.05) is 12.8 Å². The summed E-state index contributed by atoms with van der Waals surface area (Å²) in [5, 5.41) is 0. The summed E-state index contributed by atoms with van der Waals surface area (Å²) in [6.07, 6.45) is 46.5. The fraction of sp³-hybridized carbons (Fsp3) is 0.789. The predicted octanol–water partition coefficient (Wildman–Crippen LogP) is 12.8. The van der Waals surface area contributed by atoms with Crippen molar-refractivity contribution in [1.29, 1.82) is 0 Å². The van der Waals surface area contributed by atoms with Gasteiger partial charge in [0.25, 0.3) is 0 Å². The summed E-state index contributed by atoms with van der Waals surface area (Å²) in [6.45, 7) is 4.54. The quantitative estimate of drug-likeness (QED) is 0.0469. The van der Waals surface area contributed by atoms with Gasteiger partial charge in [-0.05, 0) is 76.4 Å². The number of hydrogen-bond acceptors (Lipinski definition) is 2. The van der Waals surface area contributed by atoms with Crippen LogP contribution in [0.2, 0.25) is 0 Å². The first kappa shape index (κ1) is 38.6. The minimum atomic E-state index is 0.107. The van der Waals surface area contributed by atoms with Crippen LogP contribution in [0.25, 0.3) is 0 Å². The lowest BCUT2D eigenvalue weighted by Gasteiger charge is -2.00. The topological polar surface area (TPSA) is 34.1 Å². The minimum Gasteiger partial charge on any atom is -0.295 e. The van der Waals surface area contributed by atoms with Gasteiger partial charge in [0.05, 0.1) is 0 Å².